The van der Waals surface area contributed by atoms with Crippen LogP contribution < -0.4 is 0 Å². The fourth-order valence-corrected chi connectivity index (χ4v) is 3.07. The summed E-state index contributed by atoms with van der Waals surface area (Å²) in [6.07, 6.45) is 8.02. The lowest BCUT2D eigenvalue weighted by Gasteiger charge is -2.09. The average Bonchev–Trinajstić information content (AvgIpc) is 2.88. The molecule has 0 aromatic rings. The molecule has 0 unspecified atom stereocenters. The molecule has 0 amide bonds. The van der Waals surface area contributed by atoms with E-state index in [0.29, 0.717) is 98.9 Å². The molecule has 0 fully saturated rings. The molecule has 0 saturated carbocycles. The number of halogens is 1. The van der Waals surface area contributed by atoms with Crippen LogP contribution in [0.3, 0.4) is 0 Å². The summed E-state index contributed by atoms with van der Waals surface area (Å²) in [6, 6.07) is 0. The molecule has 0 aliphatic rings. The van der Waals surface area contributed by atoms with E-state index >= 15 is 0 Å². The van der Waals surface area contributed by atoms with Crippen LogP contribution in [0.5, 0.6) is 0 Å². The molecule has 0 aliphatic carbocycles. The third-order valence-corrected chi connectivity index (χ3v) is 5.15. The largest absolute Gasteiger partial charge is 0.463 e. The van der Waals surface area contributed by atoms with Gasteiger partial charge in [-0.05, 0) is 19.3 Å². The van der Waals surface area contributed by atoms with Crippen molar-refractivity contribution in [3.63, 3.8) is 0 Å². The first-order valence-corrected chi connectivity index (χ1v) is 14.1. The Hall–Kier alpha value is -0.520. The third kappa shape index (κ3) is 31.5. The van der Waals surface area contributed by atoms with Crippen LogP contribution in [0.2, 0.25) is 0 Å². The molecule has 0 spiro atoms. The highest BCUT2D eigenvalue weighted by atomic mass is 35.5. The minimum atomic E-state index is -0.153. The normalized spacial score (nSPS) is 11.3. The molecule has 10 heteroatoms. The van der Waals surface area contributed by atoms with Crippen LogP contribution in [0.25, 0.3) is 0 Å². The summed E-state index contributed by atoms with van der Waals surface area (Å²) in [7, 11) is 0. The van der Waals surface area contributed by atoms with E-state index < -0.39 is 0 Å². The van der Waals surface area contributed by atoms with Gasteiger partial charge >= 0.3 is 5.97 Å². The predicted octanol–water partition coefficient (Wildman–Crippen LogP) is 4.03. The first-order valence-electron chi connectivity index (χ1n) is 13.6. The molecule has 0 aromatic carbocycles. The van der Waals surface area contributed by atoms with Gasteiger partial charge in [-0.1, -0.05) is 32.6 Å². The molecular formula is C26H51ClO9. The second kappa shape index (κ2) is 32.5. The Bertz CT molecular complexity index is 430. The van der Waals surface area contributed by atoms with E-state index in [1.165, 1.54) is 12.8 Å². The summed E-state index contributed by atoms with van der Waals surface area (Å²) in [5.41, 5.74) is 0. The Morgan fingerprint density at radius 1 is 0.472 bits per heavy atom. The van der Waals surface area contributed by atoms with Crippen LogP contribution in [0.1, 0.15) is 58.3 Å². The van der Waals surface area contributed by atoms with Crippen molar-refractivity contribution < 1.29 is 42.7 Å². The highest BCUT2D eigenvalue weighted by Gasteiger charge is 2.01. The number of carbonyl (C=O) groups is 1. The van der Waals surface area contributed by atoms with E-state index in [2.05, 4.69) is 6.92 Å². The second-order valence-electron chi connectivity index (χ2n) is 8.07. The fraction of sp³-hybridized carbons (Fsp3) is 0.962. The lowest BCUT2D eigenvalue weighted by Crippen LogP contribution is -2.15. The van der Waals surface area contributed by atoms with E-state index in [9.17, 15) is 4.79 Å². The van der Waals surface area contributed by atoms with Crippen LogP contribution in [0.15, 0.2) is 0 Å². The average molecular weight is 543 g/mol. The lowest BCUT2D eigenvalue weighted by molar-refractivity contribution is -0.145. The SMILES string of the molecule is CCCCCC(=O)OCCOCCOCCOCCOCCOCCOCCOCCCCCCCl. The van der Waals surface area contributed by atoms with Crippen LogP contribution in [-0.2, 0) is 42.7 Å². The highest BCUT2D eigenvalue weighted by Crippen LogP contribution is 2.01. The van der Waals surface area contributed by atoms with Crippen LogP contribution in [0.4, 0.5) is 0 Å². The van der Waals surface area contributed by atoms with Crippen LogP contribution in [0, 0.1) is 0 Å². The van der Waals surface area contributed by atoms with Crippen molar-refractivity contribution in [3.8, 4) is 0 Å². The van der Waals surface area contributed by atoms with Crippen molar-refractivity contribution in [2.24, 2.45) is 0 Å². The Balaban J connectivity index is 3.06. The number of esters is 1. The summed E-state index contributed by atoms with van der Waals surface area (Å²) in [5, 5.41) is 0. The molecule has 0 aromatic heterocycles. The number of carbonyl (C=O) groups excluding carboxylic acids is 1. The van der Waals surface area contributed by atoms with Crippen molar-refractivity contribution in [3.05, 3.63) is 0 Å². The molecule has 0 heterocycles. The van der Waals surface area contributed by atoms with Gasteiger partial charge in [0.2, 0.25) is 0 Å². The molecule has 0 saturated heterocycles. The third-order valence-electron chi connectivity index (χ3n) is 4.88. The standard InChI is InChI=1S/C26H51ClO9/c1-2-3-6-9-26(28)36-25-24-35-23-22-34-21-20-33-19-18-32-17-16-31-15-14-30-13-12-29-11-8-5-4-7-10-27/h2-25H2,1H3. The maximum Gasteiger partial charge on any atom is 0.305 e. The van der Waals surface area contributed by atoms with Gasteiger partial charge in [0.1, 0.15) is 6.61 Å². The van der Waals surface area contributed by atoms with Crippen LogP contribution >= 0.6 is 11.6 Å². The molecule has 0 radical (unpaired) electrons. The van der Waals surface area contributed by atoms with E-state index in [1.54, 1.807) is 0 Å². The number of hydrogen-bond donors (Lipinski definition) is 0. The topological polar surface area (TPSA) is 90.9 Å². The van der Waals surface area contributed by atoms with Gasteiger partial charge in [0.25, 0.3) is 0 Å². The number of unbranched alkanes of at least 4 members (excludes halogenated alkanes) is 5. The van der Waals surface area contributed by atoms with E-state index in [0.717, 1.165) is 44.6 Å². The maximum atomic E-state index is 11.4. The predicted molar refractivity (Wildman–Crippen MR) is 140 cm³/mol. The van der Waals surface area contributed by atoms with Crippen molar-refractivity contribution in [2.45, 2.75) is 58.3 Å². The Labute approximate surface area is 223 Å². The summed E-state index contributed by atoms with van der Waals surface area (Å²) < 4.78 is 43.2. The lowest BCUT2D eigenvalue weighted by atomic mass is 10.2. The summed E-state index contributed by atoms with van der Waals surface area (Å²) in [4.78, 5) is 11.4. The van der Waals surface area contributed by atoms with Gasteiger partial charge in [0.15, 0.2) is 0 Å². The van der Waals surface area contributed by atoms with Gasteiger partial charge in [-0.2, -0.15) is 0 Å². The Kier molecular flexibility index (Phi) is 32.0. The van der Waals surface area contributed by atoms with Gasteiger partial charge in [-0.3, -0.25) is 4.79 Å². The number of hydrogen-bond acceptors (Lipinski definition) is 9. The molecule has 36 heavy (non-hydrogen) atoms. The van der Waals surface area contributed by atoms with E-state index in [4.69, 9.17) is 49.5 Å². The van der Waals surface area contributed by atoms with Crippen molar-refractivity contribution in [2.75, 3.05) is 105 Å². The molecule has 9 nitrogen and oxygen atoms in total. The number of ether oxygens (including phenoxy) is 8. The monoisotopic (exact) mass is 542 g/mol. The molecule has 0 rings (SSSR count). The van der Waals surface area contributed by atoms with E-state index in [-0.39, 0.29) is 5.97 Å². The van der Waals surface area contributed by atoms with Crippen molar-refractivity contribution in [1.82, 2.24) is 0 Å². The molecule has 0 bridgehead atoms. The van der Waals surface area contributed by atoms with Crippen molar-refractivity contribution >= 4 is 17.6 Å². The fourth-order valence-electron chi connectivity index (χ4n) is 2.88. The van der Waals surface area contributed by atoms with Gasteiger partial charge in [0.05, 0.1) is 85.9 Å². The first kappa shape index (κ1) is 35.5. The number of rotatable bonds is 31. The molecule has 0 N–H and O–H groups in total. The van der Waals surface area contributed by atoms with Gasteiger partial charge in [-0.25, -0.2) is 0 Å². The zero-order chi connectivity index (χ0) is 26.2. The van der Waals surface area contributed by atoms with Gasteiger partial charge in [0, 0.05) is 18.9 Å². The minimum Gasteiger partial charge on any atom is -0.463 e. The molecule has 0 aliphatic heterocycles. The van der Waals surface area contributed by atoms with Crippen molar-refractivity contribution in [1.29, 1.82) is 0 Å². The molecular weight excluding hydrogens is 492 g/mol. The summed E-state index contributed by atoms with van der Waals surface area (Å²) >= 11 is 5.64. The maximum absolute atomic E-state index is 11.4. The Morgan fingerprint density at radius 3 is 1.28 bits per heavy atom. The zero-order valence-electron chi connectivity index (χ0n) is 22.5. The smallest absolute Gasteiger partial charge is 0.305 e. The molecule has 0 atom stereocenters. The van der Waals surface area contributed by atoms with Gasteiger partial charge in [-0.15, -0.1) is 11.6 Å². The number of alkyl halides is 1. The van der Waals surface area contributed by atoms with Gasteiger partial charge < -0.3 is 37.9 Å². The molecule has 216 valence electrons. The Morgan fingerprint density at radius 2 is 0.861 bits per heavy atom. The summed E-state index contributed by atoms with van der Waals surface area (Å²) in [5.74, 6) is 0.591. The van der Waals surface area contributed by atoms with E-state index in [1.807, 2.05) is 0 Å². The minimum absolute atomic E-state index is 0.153. The summed E-state index contributed by atoms with van der Waals surface area (Å²) in [6.45, 7) is 9.91. The first-order chi connectivity index (χ1) is 17.8. The van der Waals surface area contributed by atoms with Crippen LogP contribution in [-0.4, -0.2) is 111 Å². The zero-order valence-corrected chi connectivity index (χ0v) is 23.3. The highest BCUT2D eigenvalue weighted by molar-refractivity contribution is 6.17. The second-order valence-corrected chi connectivity index (χ2v) is 8.45. The quantitative estimate of drug-likeness (QED) is 0.0731.